The van der Waals surface area contributed by atoms with Crippen LogP contribution in [-0.2, 0) is 28.5 Å². The van der Waals surface area contributed by atoms with E-state index in [1.807, 2.05) is 0 Å². The number of carboxylic acids is 2. The van der Waals surface area contributed by atoms with Gasteiger partial charge in [-0.3, -0.25) is 9.59 Å². The molecule has 0 saturated carbocycles. The molecule has 0 aliphatic rings. The Kier molecular flexibility index (Phi) is 7.41. The highest BCUT2D eigenvalue weighted by molar-refractivity contribution is 6.40. The molecule has 22 heavy (non-hydrogen) atoms. The summed E-state index contributed by atoms with van der Waals surface area (Å²) in [6.45, 7) is 0. The van der Waals surface area contributed by atoms with Gasteiger partial charge >= 0.3 is 31.2 Å². The molecule has 0 bridgehead atoms. The summed E-state index contributed by atoms with van der Waals surface area (Å²) in [5, 5.41) is 61.1. The molecule has 0 heterocycles. The average Bonchev–Trinajstić information content (AvgIpc) is 2.43. The quantitative estimate of drug-likeness (QED) is 0.207. The van der Waals surface area contributed by atoms with Crippen LogP contribution in [0.25, 0.3) is 0 Å². The van der Waals surface area contributed by atoms with Crippen molar-refractivity contribution in [3.63, 3.8) is 0 Å². The summed E-state index contributed by atoms with van der Waals surface area (Å²) in [5.74, 6) is -7.78. The zero-order valence-corrected chi connectivity index (χ0v) is 10.5. The van der Waals surface area contributed by atoms with Gasteiger partial charge < -0.3 is 45.0 Å². The summed E-state index contributed by atoms with van der Waals surface area (Å²) in [6.07, 6.45) is -10.4. The van der Waals surface area contributed by atoms with Gasteiger partial charge in [0, 0.05) is 0 Å². The predicted molar refractivity (Wildman–Crippen MR) is 59.5 cm³/mol. The highest BCUT2D eigenvalue weighted by Crippen LogP contribution is 2.02. The summed E-state index contributed by atoms with van der Waals surface area (Å²) in [6, 6.07) is 0. The van der Waals surface area contributed by atoms with Gasteiger partial charge in [0.25, 0.3) is 0 Å². The van der Waals surface area contributed by atoms with Crippen molar-refractivity contribution in [3.8, 4) is 0 Å². The van der Waals surface area contributed by atoms with Crippen LogP contribution in [-0.4, -0.2) is 91.3 Å². The molecular formula is C8H11BO13. The van der Waals surface area contributed by atoms with E-state index < -0.39 is 55.6 Å². The van der Waals surface area contributed by atoms with Gasteiger partial charge in [-0.05, 0) is 0 Å². The third-order valence-electron chi connectivity index (χ3n) is 2.02. The van der Waals surface area contributed by atoms with E-state index in [0.717, 1.165) is 0 Å². The number of carboxylic acid groups (broad SMARTS) is 2. The van der Waals surface area contributed by atoms with Gasteiger partial charge in [0.15, 0.2) is 24.4 Å². The SMILES string of the molecule is O=C(O)C(O)C(O)C(=O)OB(O)OC(=O)C(O)C(O)C(=O)O. The van der Waals surface area contributed by atoms with Crippen LogP contribution in [0.1, 0.15) is 0 Å². The van der Waals surface area contributed by atoms with Crippen molar-refractivity contribution in [3.05, 3.63) is 0 Å². The van der Waals surface area contributed by atoms with Crippen LogP contribution in [0.5, 0.6) is 0 Å². The van der Waals surface area contributed by atoms with Gasteiger partial charge in [0.1, 0.15) is 0 Å². The number of hydrogen-bond donors (Lipinski definition) is 7. The van der Waals surface area contributed by atoms with Crippen molar-refractivity contribution in [2.45, 2.75) is 24.4 Å². The maximum absolute atomic E-state index is 11.0. The molecule has 7 N–H and O–H groups in total. The molecule has 0 fully saturated rings. The van der Waals surface area contributed by atoms with E-state index in [1.54, 1.807) is 0 Å². The Balaban J connectivity index is 4.53. The van der Waals surface area contributed by atoms with Gasteiger partial charge in [-0.25, -0.2) is 9.59 Å². The maximum Gasteiger partial charge on any atom is 0.789 e. The summed E-state index contributed by atoms with van der Waals surface area (Å²) in [4.78, 5) is 42.6. The normalized spacial score (nSPS) is 15.9. The molecule has 0 radical (unpaired) electrons. The molecule has 13 nitrogen and oxygen atoms in total. The zero-order valence-electron chi connectivity index (χ0n) is 10.5. The van der Waals surface area contributed by atoms with E-state index in [9.17, 15) is 19.2 Å². The number of aliphatic carboxylic acids is 2. The van der Waals surface area contributed by atoms with Crippen molar-refractivity contribution in [2.75, 3.05) is 0 Å². The Labute approximate surface area is 121 Å². The van der Waals surface area contributed by atoms with Crippen LogP contribution in [0, 0.1) is 0 Å². The van der Waals surface area contributed by atoms with Crippen molar-refractivity contribution >= 4 is 31.2 Å². The zero-order chi connectivity index (χ0) is 17.6. The molecule has 0 aromatic heterocycles. The Bertz CT molecular complexity index is 409. The van der Waals surface area contributed by atoms with Crippen molar-refractivity contribution in [1.29, 1.82) is 0 Å². The fraction of sp³-hybridized carbons (Fsp3) is 0.500. The average molecular weight is 326 g/mol. The fourth-order valence-electron chi connectivity index (χ4n) is 0.890. The summed E-state index contributed by atoms with van der Waals surface area (Å²) in [5.41, 5.74) is 0. The molecule has 0 aromatic rings. The van der Waals surface area contributed by atoms with E-state index in [0.29, 0.717) is 0 Å². The minimum Gasteiger partial charge on any atom is -0.479 e. The highest BCUT2D eigenvalue weighted by atomic mass is 16.7. The Morgan fingerprint density at radius 3 is 1.18 bits per heavy atom. The molecule has 0 aromatic carbocycles. The van der Waals surface area contributed by atoms with E-state index in [4.69, 9.17) is 35.7 Å². The lowest BCUT2D eigenvalue weighted by molar-refractivity contribution is -0.169. The first-order valence-electron chi connectivity index (χ1n) is 5.26. The molecular weight excluding hydrogens is 315 g/mol. The number of carbonyl (C=O) groups is 4. The third-order valence-corrected chi connectivity index (χ3v) is 2.02. The van der Waals surface area contributed by atoms with E-state index in [-0.39, 0.29) is 0 Å². The Hall–Kier alpha value is -2.26. The summed E-state index contributed by atoms with van der Waals surface area (Å²) >= 11 is 0. The van der Waals surface area contributed by atoms with Crippen molar-refractivity contribution in [1.82, 2.24) is 0 Å². The highest BCUT2D eigenvalue weighted by Gasteiger charge is 2.39. The molecule has 0 saturated heterocycles. The molecule has 124 valence electrons. The second-order valence-electron chi connectivity index (χ2n) is 3.64. The Morgan fingerprint density at radius 1 is 0.682 bits per heavy atom. The summed E-state index contributed by atoms with van der Waals surface area (Å²) in [7, 11) is -2.77. The second kappa shape index (κ2) is 8.25. The first kappa shape index (κ1) is 19.7. The maximum atomic E-state index is 11.0. The number of aliphatic hydroxyl groups excluding tert-OH is 4. The Morgan fingerprint density at radius 2 is 0.955 bits per heavy atom. The third kappa shape index (κ3) is 5.62. The molecule has 0 amide bonds. The molecule has 14 heteroatoms. The minimum atomic E-state index is -2.77. The lowest BCUT2D eigenvalue weighted by Gasteiger charge is -2.16. The van der Waals surface area contributed by atoms with Crippen LogP contribution in [0.4, 0.5) is 0 Å². The topological polar surface area (TPSA) is 228 Å². The van der Waals surface area contributed by atoms with Crippen molar-refractivity contribution < 1.29 is 64.2 Å². The molecule has 0 rings (SSSR count). The molecule has 4 unspecified atom stereocenters. The molecule has 0 aliphatic heterocycles. The lowest BCUT2D eigenvalue weighted by atomic mass is 10.1. The smallest absolute Gasteiger partial charge is 0.479 e. The van der Waals surface area contributed by atoms with Crippen molar-refractivity contribution in [2.24, 2.45) is 0 Å². The standard InChI is InChI=1S/C8H11BO13/c10-1(5(14)15)3(12)7(18)21-9(20)22-8(19)4(13)2(11)6(16)17/h1-4,10-13,20H,(H,14,15)(H,16,17). The summed E-state index contributed by atoms with van der Waals surface area (Å²) < 4.78 is 7.61. The van der Waals surface area contributed by atoms with E-state index in [2.05, 4.69) is 9.31 Å². The lowest BCUT2D eigenvalue weighted by Crippen LogP contribution is -2.46. The number of aliphatic hydroxyl groups is 4. The van der Waals surface area contributed by atoms with E-state index in [1.165, 1.54) is 0 Å². The number of hydrogen-bond acceptors (Lipinski definition) is 11. The van der Waals surface area contributed by atoms with Gasteiger partial charge in [0.2, 0.25) is 0 Å². The largest absolute Gasteiger partial charge is 0.789 e. The van der Waals surface area contributed by atoms with Gasteiger partial charge in [-0.15, -0.1) is 0 Å². The van der Waals surface area contributed by atoms with Crippen LogP contribution in [0.3, 0.4) is 0 Å². The van der Waals surface area contributed by atoms with Crippen LogP contribution >= 0.6 is 0 Å². The molecule has 0 spiro atoms. The van der Waals surface area contributed by atoms with Crippen LogP contribution in [0.2, 0.25) is 0 Å². The van der Waals surface area contributed by atoms with Crippen LogP contribution < -0.4 is 0 Å². The van der Waals surface area contributed by atoms with Gasteiger partial charge in [-0.2, -0.15) is 0 Å². The second-order valence-corrected chi connectivity index (χ2v) is 3.64. The minimum absolute atomic E-state index is 1.90. The monoisotopic (exact) mass is 326 g/mol. The first-order chi connectivity index (χ1) is 9.98. The first-order valence-corrected chi connectivity index (χ1v) is 5.26. The molecule has 4 atom stereocenters. The van der Waals surface area contributed by atoms with Gasteiger partial charge in [0.05, 0.1) is 0 Å². The van der Waals surface area contributed by atoms with Crippen LogP contribution in [0.15, 0.2) is 0 Å². The van der Waals surface area contributed by atoms with E-state index >= 15 is 0 Å². The number of rotatable bonds is 8. The predicted octanol–water partition coefficient (Wildman–Crippen LogP) is -5.34. The number of carbonyl (C=O) groups excluding carboxylic acids is 2. The molecule has 0 aliphatic carbocycles. The fourth-order valence-corrected chi connectivity index (χ4v) is 0.890. The van der Waals surface area contributed by atoms with Gasteiger partial charge in [-0.1, -0.05) is 0 Å².